The molecule has 0 aromatic carbocycles. The van der Waals surface area contributed by atoms with Gasteiger partial charge in [-0.3, -0.25) is 0 Å². The zero-order chi connectivity index (χ0) is 14.0. The van der Waals surface area contributed by atoms with Crippen LogP contribution in [0.4, 0.5) is 0 Å². The van der Waals surface area contributed by atoms with E-state index in [0.29, 0.717) is 19.6 Å². The lowest BCUT2D eigenvalue weighted by Gasteiger charge is -2.26. The lowest BCUT2D eigenvalue weighted by atomic mass is 9.94. The maximum atomic E-state index is 12.2. The van der Waals surface area contributed by atoms with Gasteiger partial charge in [-0.2, -0.15) is 11.8 Å². The van der Waals surface area contributed by atoms with Crippen LogP contribution in [-0.2, 0) is 10.0 Å². The van der Waals surface area contributed by atoms with Gasteiger partial charge in [-0.05, 0) is 37.1 Å². The van der Waals surface area contributed by atoms with E-state index in [4.69, 9.17) is 0 Å². The van der Waals surface area contributed by atoms with Gasteiger partial charge in [0.25, 0.3) is 0 Å². The quantitative estimate of drug-likeness (QED) is 0.590. The number of thioether (sulfide) groups is 1. The molecule has 1 saturated carbocycles. The third-order valence-corrected chi connectivity index (χ3v) is 7.54. The molecule has 2 aliphatic carbocycles. The smallest absolute Gasteiger partial charge is 0.215 e. The summed E-state index contributed by atoms with van der Waals surface area (Å²) in [7, 11) is -3.05. The summed E-state index contributed by atoms with van der Waals surface area (Å²) in [5, 5.41) is 3.36. The number of hydrogen-bond acceptors (Lipinski definition) is 4. The van der Waals surface area contributed by atoms with Gasteiger partial charge >= 0.3 is 0 Å². The molecule has 3 atom stereocenters. The Balaban J connectivity index is 1.38. The van der Waals surface area contributed by atoms with Gasteiger partial charge in [-0.1, -0.05) is 12.2 Å². The minimum absolute atomic E-state index is 0.244. The third-order valence-electron chi connectivity index (χ3n) is 4.72. The van der Waals surface area contributed by atoms with Gasteiger partial charge in [0.2, 0.25) is 10.0 Å². The molecule has 2 bridgehead atoms. The van der Waals surface area contributed by atoms with E-state index in [0.717, 1.165) is 35.8 Å². The third kappa shape index (κ3) is 3.40. The zero-order valence-electron chi connectivity index (χ0n) is 11.8. The number of sulfonamides is 1. The van der Waals surface area contributed by atoms with Crippen LogP contribution in [0.25, 0.3) is 0 Å². The van der Waals surface area contributed by atoms with E-state index in [1.807, 2.05) is 11.8 Å². The van der Waals surface area contributed by atoms with Crippen molar-refractivity contribution in [3.05, 3.63) is 12.2 Å². The highest BCUT2D eigenvalue weighted by atomic mass is 32.2. The van der Waals surface area contributed by atoms with Crippen molar-refractivity contribution in [2.24, 2.45) is 17.8 Å². The first-order valence-corrected chi connectivity index (χ1v) is 10.4. The van der Waals surface area contributed by atoms with Gasteiger partial charge in [0.05, 0.1) is 5.75 Å². The van der Waals surface area contributed by atoms with E-state index in [9.17, 15) is 8.42 Å². The number of nitrogens with zero attached hydrogens (tertiary/aromatic N) is 1. The molecule has 1 heterocycles. The fourth-order valence-corrected chi connectivity index (χ4v) is 6.11. The summed E-state index contributed by atoms with van der Waals surface area (Å²) in [6.45, 7) is 2.93. The van der Waals surface area contributed by atoms with Crippen molar-refractivity contribution in [1.82, 2.24) is 9.62 Å². The highest BCUT2D eigenvalue weighted by Gasteiger charge is 2.35. The zero-order valence-corrected chi connectivity index (χ0v) is 13.5. The SMILES string of the molecule is O=S(=O)(CCNC[C@H]1C[C@H]2C=C[C@H]1C2)N1CCSCC1. The van der Waals surface area contributed by atoms with Crippen LogP contribution in [0.1, 0.15) is 12.8 Å². The molecule has 4 nitrogen and oxygen atoms in total. The molecule has 0 radical (unpaired) electrons. The number of fused-ring (bicyclic) bond motifs is 2. The summed E-state index contributed by atoms with van der Waals surface area (Å²) in [5.41, 5.74) is 0. The molecule has 1 saturated heterocycles. The van der Waals surface area contributed by atoms with Crippen LogP contribution in [0.2, 0.25) is 0 Å². The molecule has 0 amide bonds. The monoisotopic (exact) mass is 316 g/mol. The molecule has 2 fully saturated rings. The molecule has 3 aliphatic rings. The van der Waals surface area contributed by atoms with Gasteiger partial charge in [0.15, 0.2) is 0 Å². The summed E-state index contributed by atoms with van der Waals surface area (Å²) < 4.78 is 26.0. The maximum Gasteiger partial charge on any atom is 0.215 e. The predicted molar refractivity (Wildman–Crippen MR) is 84.4 cm³/mol. The Morgan fingerprint density at radius 3 is 2.65 bits per heavy atom. The van der Waals surface area contributed by atoms with E-state index in [2.05, 4.69) is 17.5 Å². The van der Waals surface area contributed by atoms with Crippen molar-refractivity contribution < 1.29 is 8.42 Å². The molecule has 1 N–H and O–H groups in total. The van der Waals surface area contributed by atoms with Crippen molar-refractivity contribution in [2.45, 2.75) is 12.8 Å². The number of allylic oxidation sites excluding steroid dienone is 2. The molecule has 0 unspecified atom stereocenters. The number of hydrogen-bond donors (Lipinski definition) is 1. The molecule has 6 heteroatoms. The minimum atomic E-state index is -3.05. The number of rotatable bonds is 6. The standard InChI is InChI=1S/C14H24N2O2S2/c17-20(18,16-4-6-19-7-5-16)8-3-15-11-14-10-12-1-2-13(14)9-12/h1-2,12-15H,3-11H2/t12-,13-,14+/m0/s1. The first-order valence-electron chi connectivity index (χ1n) is 7.60. The van der Waals surface area contributed by atoms with Crippen molar-refractivity contribution in [1.29, 1.82) is 0 Å². The molecule has 0 aromatic rings. The highest BCUT2D eigenvalue weighted by Crippen LogP contribution is 2.42. The summed E-state index contributed by atoms with van der Waals surface area (Å²) in [5.74, 6) is 4.37. The summed E-state index contributed by atoms with van der Waals surface area (Å²) in [6, 6.07) is 0. The second-order valence-electron chi connectivity index (χ2n) is 6.07. The van der Waals surface area contributed by atoms with Crippen LogP contribution in [-0.4, -0.2) is 56.2 Å². The van der Waals surface area contributed by atoms with Crippen molar-refractivity contribution in [2.75, 3.05) is 43.4 Å². The van der Waals surface area contributed by atoms with Gasteiger partial charge < -0.3 is 5.32 Å². The Kier molecular flexibility index (Phi) is 4.75. The van der Waals surface area contributed by atoms with Crippen molar-refractivity contribution in [3.8, 4) is 0 Å². The van der Waals surface area contributed by atoms with Gasteiger partial charge in [0, 0.05) is 31.1 Å². The average Bonchev–Trinajstić information content (AvgIpc) is 3.07. The average molecular weight is 316 g/mol. The molecule has 0 aromatic heterocycles. The Bertz CT molecular complexity index is 458. The summed E-state index contributed by atoms with van der Waals surface area (Å²) in [4.78, 5) is 0. The highest BCUT2D eigenvalue weighted by molar-refractivity contribution is 7.99. The topological polar surface area (TPSA) is 49.4 Å². The van der Waals surface area contributed by atoms with Crippen molar-refractivity contribution >= 4 is 21.8 Å². The Morgan fingerprint density at radius 2 is 2.00 bits per heavy atom. The van der Waals surface area contributed by atoms with E-state index in [-0.39, 0.29) is 5.75 Å². The molecule has 1 aliphatic heterocycles. The largest absolute Gasteiger partial charge is 0.315 e. The minimum Gasteiger partial charge on any atom is -0.315 e. The van der Waals surface area contributed by atoms with E-state index < -0.39 is 10.0 Å². The molecule has 20 heavy (non-hydrogen) atoms. The second-order valence-corrected chi connectivity index (χ2v) is 9.39. The first-order chi connectivity index (χ1) is 9.65. The Hall–Kier alpha value is -0.0400. The fraction of sp³-hybridized carbons (Fsp3) is 0.857. The Labute approximate surface area is 126 Å². The van der Waals surface area contributed by atoms with E-state index in [1.165, 1.54) is 12.8 Å². The van der Waals surface area contributed by atoms with Crippen LogP contribution in [0.5, 0.6) is 0 Å². The molecule has 114 valence electrons. The first kappa shape index (κ1) is 14.9. The van der Waals surface area contributed by atoms with Crippen LogP contribution >= 0.6 is 11.8 Å². The van der Waals surface area contributed by atoms with Crippen LogP contribution in [0.3, 0.4) is 0 Å². The predicted octanol–water partition coefficient (Wildman–Crippen LogP) is 1.17. The van der Waals surface area contributed by atoms with Gasteiger partial charge in [-0.15, -0.1) is 0 Å². The van der Waals surface area contributed by atoms with Crippen molar-refractivity contribution in [3.63, 3.8) is 0 Å². The molecular formula is C14H24N2O2S2. The lowest BCUT2D eigenvalue weighted by Crippen LogP contribution is -2.41. The molecular weight excluding hydrogens is 292 g/mol. The van der Waals surface area contributed by atoms with E-state index >= 15 is 0 Å². The van der Waals surface area contributed by atoms with Gasteiger partial charge in [-0.25, -0.2) is 12.7 Å². The van der Waals surface area contributed by atoms with Gasteiger partial charge in [0.1, 0.15) is 0 Å². The molecule has 3 rings (SSSR count). The fourth-order valence-electron chi connectivity index (χ4n) is 3.57. The maximum absolute atomic E-state index is 12.2. The van der Waals surface area contributed by atoms with Crippen LogP contribution < -0.4 is 5.32 Å². The van der Waals surface area contributed by atoms with E-state index in [1.54, 1.807) is 4.31 Å². The molecule has 0 spiro atoms. The lowest BCUT2D eigenvalue weighted by molar-refractivity contribution is 0.415. The Morgan fingerprint density at radius 1 is 1.20 bits per heavy atom. The van der Waals surface area contributed by atoms with Crippen LogP contribution in [0.15, 0.2) is 12.2 Å². The summed E-state index contributed by atoms with van der Waals surface area (Å²) in [6.07, 6.45) is 7.29. The number of nitrogens with one attached hydrogen (secondary N) is 1. The van der Waals surface area contributed by atoms with Crippen LogP contribution in [0, 0.1) is 17.8 Å². The summed E-state index contributed by atoms with van der Waals surface area (Å²) >= 11 is 1.84. The normalized spacial score (nSPS) is 33.9. The second kappa shape index (κ2) is 6.38.